The van der Waals surface area contributed by atoms with E-state index in [0.29, 0.717) is 24.2 Å². The zero-order chi connectivity index (χ0) is 14.3. The van der Waals surface area contributed by atoms with Crippen LogP contribution in [0.2, 0.25) is 5.02 Å². The molecule has 108 valence electrons. The molecular weight excluding hydrogens is 262 g/mol. The van der Waals surface area contributed by atoms with Gasteiger partial charge in [0.25, 0.3) is 0 Å². The van der Waals surface area contributed by atoms with Crippen molar-refractivity contribution >= 4 is 17.4 Å². The molecule has 0 radical (unpaired) electrons. The Morgan fingerprint density at radius 1 is 1.42 bits per heavy atom. The van der Waals surface area contributed by atoms with E-state index in [2.05, 4.69) is 23.7 Å². The smallest absolute Gasteiger partial charge is 0.148 e. The summed E-state index contributed by atoms with van der Waals surface area (Å²) in [5.41, 5.74) is 6.64. The fourth-order valence-electron chi connectivity index (χ4n) is 2.21. The van der Waals surface area contributed by atoms with Gasteiger partial charge in [0, 0.05) is 32.4 Å². The molecule has 0 aliphatic heterocycles. The summed E-state index contributed by atoms with van der Waals surface area (Å²) in [6.07, 6.45) is 3.86. The molecule has 19 heavy (non-hydrogen) atoms. The summed E-state index contributed by atoms with van der Waals surface area (Å²) in [6, 6.07) is 2.28. The highest BCUT2D eigenvalue weighted by atomic mass is 35.5. The second-order valence-corrected chi connectivity index (χ2v) is 4.85. The van der Waals surface area contributed by atoms with Gasteiger partial charge in [-0.2, -0.15) is 0 Å². The van der Waals surface area contributed by atoms with Crippen LogP contribution in [-0.2, 0) is 11.3 Å². The largest absolute Gasteiger partial charge is 0.383 e. The lowest BCUT2D eigenvalue weighted by Crippen LogP contribution is -2.38. The molecule has 1 aromatic rings. The standard InChI is InChI=1S/C14H24ClN3O/c1-4-12(5-2)18(8-9-19-3)14-13(15)11(10-16)6-7-17-14/h6-7,12H,4-5,8-10,16H2,1-3H3. The predicted molar refractivity (Wildman–Crippen MR) is 80.7 cm³/mol. The molecule has 0 aliphatic rings. The van der Waals surface area contributed by atoms with Crippen LogP contribution in [-0.4, -0.2) is 31.3 Å². The van der Waals surface area contributed by atoms with Gasteiger partial charge in [-0.05, 0) is 24.5 Å². The van der Waals surface area contributed by atoms with E-state index in [1.165, 1.54) is 0 Å². The van der Waals surface area contributed by atoms with Crippen LogP contribution in [0, 0.1) is 0 Å². The summed E-state index contributed by atoms with van der Waals surface area (Å²) >= 11 is 6.42. The molecule has 0 aromatic carbocycles. The molecule has 0 atom stereocenters. The van der Waals surface area contributed by atoms with E-state index in [9.17, 15) is 0 Å². The fourth-order valence-corrected chi connectivity index (χ4v) is 2.51. The van der Waals surface area contributed by atoms with Gasteiger partial charge in [-0.3, -0.25) is 0 Å². The highest BCUT2D eigenvalue weighted by Gasteiger charge is 2.20. The molecule has 0 amide bonds. The Kier molecular flexibility index (Phi) is 7.13. The Labute approximate surface area is 120 Å². The number of hydrogen-bond donors (Lipinski definition) is 1. The van der Waals surface area contributed by atoms with Gasteiger partial charge in [0.05, 0.1) is 11.6 Å². The minimum absolute atomic E-state index is 0.410. The second kappa shape index (κ2) is 8.35. The molecule has 0 saturated carbocycles. The molecule has 0 spiro atoms. The number of ether oxygens (including phenoxy) is 1. The van der Waals surface area contributed by atoms with Gasteiger partial charge >= 0.3 is 0 Å². The molecule has 5 heteroatoms. The summed E-state index contributed by atoms with van der Waals surface area (Å²) < 4.78 is 5.19. The monoisotopic (exact) mass is 285 g/mol. The van der Waals surface area contributed by atoms with E-state index < -0.39 is 0 Å². The van der Waals surface area contributed by atoms with Crippen LogP contribution in [0.25, 0.3) is 0 Å². The van der Waals surface area contributed by atoms with Crippen molar-refractivity contribution in [2.45, 2.75) is 39.3 Å². The highest BCUT2D eigenvalue weighted by molar-refractivity contribution is 6.33. The maximum atomic E-state index is 6.42. The van der Waals surface area contributed by atoms with Gasteiger partial charge in [0.15, 0.2) is 0 Å². The van der Waals surface area contributed by atoms with Crippen LogP contribution in [0.4, 0.5) is 5.82 Å². The lowest BCUT2D eigenvalue weighted by Gasteiger charge is -2.32. The zero-order valence-electron chi connectivity index (χ0n) is 12.0. The van der Waals surface area contributed by atoms with Crippen LogP contribution >= 0.6 is 11.6 Å². The molecule has 1 rings (SSSR count). The molecule has 0 bridgehead atoms. The number of rotatable bonds is 8. The number of halogens is 1. The Bertz CT molecular complexity index is 383. The van der Waals surface area contributed by atoms with E-state index in [-0.39, 0.29) is 0 Å². The van der Waals surface area contributed by atoms with Crippen LogP contribution in [0.15, 0.2) is 12.3 Å². The fraction of sp³-hybridized carbons (Fsp3) is 0.643. The third-order valence-corrected chi connectivity index (χ3v) is 3.77. The van der Waals surface area contributed by atoms with Gasteiger partial charge in [0.1, 0.15) is 5.82 Å². The number of anilines is 1. The molecule has 2 N–H and O–H groups in total. The number of methoxy groups -OCH3 is 1. The summed E-state index contributed by atoms with van der Waals surface area (Å²) in [5, 5.41) is 0.660. The predicted octanol–water partition coefficient (Wildman–Crippen LogP) is 2.84. The molecule has 0 unspecified atom stereocenters. The Balaban J connectivity index is 3.08. The van der Waals surface area contributed by atoms with Crippen molar-refractivity contribution in [1.82, 2.24) is 4.98 Å². The third-order valence-electron chi connectivity index (χ3n) is 3.36. The van der Waals surface area contributed by atoms with Gasteiger partial charge in [-0.15, -0.1) is 0 Å². The maximum absolute atomic E-state index is 6.42. The van der Waals surface area contributed by atoms with Gasteiger partial charge in [-0.25, -0.2) is 4.98 Å². The van der Waals surface area contributed by atoms with Crippen molar-refractivity contribution in [3.8, 4) is 0 Å². The first-order chi connectivity index (χ1) is 9.19. The van der Waals surface area contributed by atoms with Crippen LogP contribution in [0.3, 0.4) is 0 Å². The highest BCUT2D eigenvalue weighted by Crippen LogP contribution is 2.29. The average molecular weight is 286 g/mol. The average Bonchev–Trinajstić information content (AvgIpc) is 2.44. The van der Waals surface area contributed by atoms with Crippen LogP contribution in [0.5, 0.6) is 0 Å². The van der Waals surface area contributed by atoms with Crippen molar-refractivity contribution in [2.75, 3.05) is 25.2 Å². The Hall–Kier alpha value is -0.840. The van der Waals surface area contributed by atoms with Crippen LogP contribution in [0.1, 0.15) is 32.3 Å². The van der Waals surface area contributed by atoms with Crippen molar-refractivity contribution < 1.29 is 4.74 Å². The topological polar surface area (TPSA) is 51.4 Å². The van der Waals surface area contributed by atoms with E-state index in [4.69, 9.17) is 22.1 Å². The molecule has 0 saturated heterocycles. The number of nitrogens with two attached hydrogens (primary N) is 1. The van der Waals surface area contributed by atoms with Gasteiger partial charge in [-0.1, -0.05) is 25.4 Å². The summed E-state index contributed by atoms with van der Waals surface area (Å²) in [7, 11) is 1.70. The van der Waals surface area contributed by atoms with Crippen LogP contribution < -0.4 is 10.6 Å². The minimum Gasteiger partial charge on any atom is -0.383 e. The third kappa shape index (κ3) is 4.06. The van der Waals surface area contributed by atoms with Crippen molar-refractivity contribution in [2.24, 2.45) is 5.73 Å². The first-order valence-corrected chi connectivity index (χ1v) is 7.16. The Morgan fingerprint density at radius 3 is 2.63 bits per heavy atom. The van der Waals surface area contributed by atoms with E-state index >= 15 is 0 Å². The van der Waals surface area contributed by atoms with E-state index in [1.54, 1.807) is 13.3 Å². The van der Waals surface area contributed by atoms with Crippen molar-refractivity contribution in [1.29, 1.82) is 0 Å². The van der Waals surface area contributed by atoms with Gasteiger partial charge < -0.3 is 15.4 Å². The quantitative estimate of drug-likeness (QED) is 0.798. The van der Waals surface area contributed by atoms with E-state index in [1.807, 2.05) is 6.07 Å². The van der Waals surface area contributed by atoms with Crippen molar-refractivity contribution in [3.63, 3.8) is 0 Å². The molecular formula is C14H24ClN3O. The molecule has 1 heterocycles. The summed E-state index contributed by atoms with van der Waals surface area (Å²) in [4.78, 5) is 6.67. The minimum atomic E-state index is 0.410. The first kappa shape index (κ1) is 16.2. The maximum Gasteiger partial charge on any atom is 0.148 e. The Morgan fingerprint density at radius 2 is 2.11 bits per heavy atom. The number of pyridine rings is 1. The molecule has 1 aromatic heterocycles. The SMILES string of the molecule is CCC(CC)N(CCOC)c1nccc(CN)c1Cl. The lowest BCUT2D eigenvalue weighted by molar-refractivity contribution is 0.202. The summed E-state index contributed by atoms with van der Waals surface area (Å²) in [6.45, 7) is 6.21. The van der Waals surface area contributed by atoms with Gasteiger partial charge in [0.2, 0.25) is 0 Å². The van der Waals surface area contributed by atoms with Crippen molar-refractivity contribution in [3.05, 3.63) is 22.8 Å². The number of hydrogen-bond acceptors (Lipinski definition) is 4. The molecule has 4 nitrogen and oxygen atoms in total. The zero-order valence-corrected chi connectivity index (χ0v) is 12.8. The molecule has 0 aliphatic carbocycles. The molecule has 0 fully saturated rings. The van der Waals surface area contributed by atoms with E-state index in [0.717, 1.165) is 30.8 Å². The number of nitrogens with zero attached hydrogens (tertiary/aromatic N) is 2. The second-order valence-electron chi connectivity index (χ2n) is 4.47. The lowest BCUT2D eigenvalue weighted by atomic mass is 10.1. The number of aromatic nitrogens is 1. The normalized spacial score (nSPS) is 11.1. The first-order valence-electron chi connectivity index (χ1n) is 6.78. The summed E-state index contributed by atoms with van der Waals surface area (Å²) in [5.74, 6) is 0.815.